The third-order valence-corrected chi connectivity index (χ3v) is 9.75. The maximum Gasteiger partial charge on any atom is 0.338 e. The highest BCUT2D eigenvalue weighted by atomic mass is 79.9. The van der Waals surface area contributed by atoms with Crippen LogP contribution in [0.3, 0.4) is 0 Å². The summed E-state index contributed by atoms with van der Waals surface area (Å²) >= 11 is 7.40. The monoisotopic (exact) mass is 531 g/mol. The second-order valence-electron chi connectivity index (χ2n) is 8.13. The average molecular weight is 533 g/mol. The van der Waals surface area contributed by atoms with Gasteiger partial charge in [0.2, 0.25) is 11.8 Å². The number of halogens is 2. The molecule has 2 aromatic carbocycles. The number of anilines is 1. The third-order valence-electron chi connectivity index (χ3n) is 6.54. The molecule has 0 radical (unpaired) electrons. The number of carbonyl (C=O) groups excluding carboxylic acids is 3. The van der Waals surface area contributed by atoms with Gasteiger partial charge >= 0.3 is 5.97 Å². The van der Waals surface area contributed by atoms with E-state index in [1.165, 1.54) is 4.90 Å². The summed E-state index contributed by atoms with van der Waals surface area (Å²) in [6.07, 6.45) is 0.887. The van der Waals surface area contributed by atoms with Crippen molar-refractivity contribution in [3.63, 3.8) is 0 Å². The number of esters is 1. The van der Waals surface area contributed by atoms with Gasteiger partial charge in [-0.15, -0.1) is 0 Å². The molecule has 0 aromatic heterocycles. The quantitative estimate of drug-likeness (QED) is 0.334. The van der Waals surface area contributed by atoms with Crippen LogP contribution in [0.15, 0.2) is 54.6 Å². The van der Waals surface area contributed by atoms with E-state index in [0.29, 0.717) is 11.3 Å². The summed E-state index contributed by atoms with van der Waals surface area (Å²) in [4.78, 5) is 40.5. The maximum atomic E-state index is 13.2. The van der Waals surface area contributed by atoms with E-state index in [1.807, 2.05) is 30.3 Å². The zero-order valence-corrected chi connectivity index (χ0v) is 19.1. The summed E-state index contributed by atoms with van der Waals surface area (Å²) in [7, 11) is 0. The molecule has 6 atom stereocenters. The first kappa shape index (κ1) is 19.9. The van der Waals surface area contributed by atoms with Crippen LogP contribution < -0.4 is 4.90 Å². The van der Waals surface area contributed by atoms with E-state index in [1.54, 1.807) is 24.3 Å². The molecule has 1 saturated heterocycles. The van der Waals surface area contributed by atoms with Crippen molar-refractivity contribution in [1.82, 2.24) is 0 Å². The standard InChI is InChI=1S/C23H19Br2NO4/c24-19-15-10-16(20(19)25)18-17(15)21(27)26(22(18)28)14-8-4-7-13(9-14)23(29)30-11-12-5-2-1-3-6-12/h1-9,15-20H,10-11H2/t15-,16-,17-,18+,19-,20+/m1/s1. The SMILES string of the molecule is O=C(OCc1ccccc1)c1cccc(N2C(=O)[C@@H]3[C@H]4C[C@@H]([C@H](Br)[C@@H]4Br)[C@@H]3C2=O)c1. The number of hydrogen-bond acceptors (Lipinski definition) is 4. The van der Waals surface area contributed by atoms with E-state index in [-0.39, 0.29) is 51.7 Å². The van der Waals surface area contributed by atoms with Crippen molar-refractivity contribution in [1.29, 1.82) is 0 Å². The van der Waals surface area contributed by atoms with Gasteiger partial charge in [0.15, 0.2) is 0 Å². The van der Waals surface area contributed by atoms with Gasteiger partial charge in [0.25, 0.3) is 0 Å². The van der Waals surface area contributed by atoms with Crippen LogP contribution in [0.5, 0.6) is 0 Å². The highest BCUT2D eigenvalue weighted by Crippen LogP contribution is 2.60. The topological polar surface area (TPSA) is 63.7 Å². The van der Waals surface area contributed by atoms with Crippen molar-refractivity contribution in [2.24, 2.45) is 23.7 Å². The molecule has 0 spiro atoms. The molecule has 5 rings (SSSR count). The van der Waals surface area contributed by atoms with Crippen LogP contribution in [-0.2, 0) is 20.9 Å². The highest BCUT2D eigenvalue weighted by molar-refractivity contribution is 9.12. The molecule has 3 aliphatic rings. The summed E-state index contributed by atoms with van der Waals surface area (Å²) in [6.45, 7) is 0.165. The van der Waals surface area contributed by atoms with Crippen molar-refractivity contribution >= 4 is 55.3 Å². The molecule has 7 heteroatoms. The summed E-state index contributed by atoms with van der Waals surface area (Å²) < 4.78 is 5.39. The molecule has 2 aromatic rings. The smallest absolute Gasteiger partial charge is 0.338 e. The molecular formula is C23H19Br2NO4. The van der Waals surface area contributed by atoms with Gasteiger partial charge in [0.1, 0.15) is 6.61 Å². The molecule has 3 fully saturated rings. The Bertz CT molecular complexity index is 995. The Morgan fingerprint density at radius 1 is 0.933 bits per heavy atom. The van der Waals surface area contributed by atoms with Crippen LogP contribution in [0.4, 0.5) is 5.69 Å². The molecule has 2 aliphatic carbocycles. The van der Waals surface area contributed by atoms with Crippen LogP contribution in [-0.4, -0.2) is 27.4 Å². The summed E-state index contributed by atoms with van der Waals surface area (Å²) in [5.74, 6) is -1.05. The molecule has 2 saturated carbocycles. The Labute approximate surface area is 191 Å². The summed E-state index contributed by atoms with van der Waals surface area (Å²) in [5, 5.41) is 0. The fourth-order valence-corrected chi connectivity index (χ4v) is 7.06. The number of imide groups is 1. The van der Waals surface area contributed by atoms with Crippen LogP contribution in [0.1, 0.15) is 22.3 Å². The van der Waals surface area contributed by atoms with Crippen molar-refractivity contribution in [3.8, 4) is 0 Å². The molecule has 2 amide bonds. The number of fused-ring (bicyclic) bond motifs is 5. The number of rotatable bonds is 4. The van der Waals surface area contributed by atoms with E-state index >= 15 is 0 Å². The Morgan fingerprint density at radius 3 is 2.20 bits per heavy atom. The Morgan fingerprint density at radius 2 is 1.57 bits per heavy atom. The predicted molar refractivity (Wildman–Crippen MR) is 119 cm³/mol. The van der Waals surface area contributed by atoms with Crippen molar-refractivity contribution in [2.75, 3.05) is 4.90 Å². The van der Waals surface area contributed by atoms with Crippen molar-refractivity contribution < 1.29 is 19.1 Å². The minimum Gasteiger partial charge on any atom is -0.457 e. The van der Waals surface area contributed by atoms with Crippen LogP contribution >= 0.6 is 31.9 Å². The third kappa shape index (κ3) is 3.05. The van der Waals surface area contributed by atoms with Crippen LogP contribution in [0.25, 0.3) is 0 Å². The lowest BCUT2D eigenvalue weighted by atomic mass is 9.81. The lowest BCUT2D eigenvalue weighted by molar-refractivity contribution is -0.123. The van der Waals surface area contributed by atoms with Crippen LogP contribution in [0, 0.1) is 23.7 Å². The Hall–Kier alpha value is -1.99. The van der Waals surface area contributed by atoms with E-state index in [2.05, 4.69) is 31.9 Å². The molecular weight excluding hydrogens is 514 g/mol. The minimum absolute atomic E-state index is 0.156. The van der Waals surface area contributed by atoms with E-state index in [4.69, 9.17) is 4.74 Å². The fraction of sp³-hybridized carbons (Fsp3) is 0.348. The molecule has 5 nitrogen and oxygen atoms in total. The second kappa shape index (κ2) is 7.61. The first-order chi connectivity index (χ1) is 14.5. The molecule has 0 unspecified atom stereocenters. The first-order valence-electron chi connectivity index (χ1n) is 9.94. The second-order valence-corrected chi connectivity index (χ2v) is 10.2. The Kier molecular flexibility index (Phi) is 5.06. The molecule has 1 heterocycles. The number of benzene rings is 2. The van der Waals surface area contributed by atoms with Crippen molar-refractivity contribution in [2.45, 2.75) is 22.7 Å². The number of amides is 2. The zero-order chi connectivity index (χ0) is 21.0. The minimum atomic E-state index is -0.485. The van der Waals surface area contributed by atoms with E-state index in [0.717, 1.165) is 12.0 Å². The molecule has 30 heavy (non-hydrogen) atoms. The molecule has 154 valence electrons. The number of ether oxygens (including phenoxy) is 1. The van der Waals surface area contributed by atoms with Gasteiger partial charge in [-0.1, -0.05) is 68.3 Å². The van der Waals surface area contributed by atoms with Gasteiger partial charge < -0.3 is 4.74 Å². The van der Waals surface area contributed by atoms with E-state index < -0.39 is 5.97 Å². The lowest BCUT2D eigenvalue weighted by Crippen LogP contribution is -2.37. The molecule has 2 bridgehead atoms. The van der Waals surface area contributed by atoms with Gasteiger partial charge in [-0.3, -0.25) is 14.5 Å². The van der Waals surface area contributed by atoms with Crippen LogP contribution in [0.2, 0.25) is 0 Å². The number of carbonyl (C=O) groups is 3. The summed E-state index contributed by atoms with van der Waals surface area (Å²) in [6, 6.07) is 16.0. The predicted octanol–water partition coefficient (Wildman–Crippen LogP) is 4.33. The maximum absolute atomic E-state index is 13.2. The molecule has 0 N–H and O–H groups in total. The Balaban J connectivity index is 1.36. The summed E-state index contributed by atoms with van der Waals surface area (Å²) in [5.41, 5.74) is 1.65. The van der Waals surface area contributed by atoms with Crippen molar-refractivity contribution in [3.05, 3.63) is 65.7 Å². The zero-order valence-electron chi connectivity index (χ0n) is 15.9. The number of nitrogens with zero attached hydrogens (tertiary/aromatic N) is 1. The van der Waals surface area contributed by atoms with Gasteiger partial charge in [0, 0.05) is 9.65 Å². The first-order valence-corrected chi connectivity index (χ1v) is 11.8. The van der Waals surface area contributed by atoms with Gasteiger partial charge in [0.05, 0.1) is 23.1 Å². The lowest BCUT2D eigenvalue weighted by Gasteiger charge is -2.28. The highest BCUT2D eigenvalue weighted by Gasteiger charge is 2.66. The average Bonchev–Trinajstić information content (AvgIpc) is 3.37. The normalized spacial score (nSPS) is 31.9. The number of alkyl halides is 2. The number of hydrogen-bond donors (Lipinski definition) is 0. The van der Waals surface area contributed by atoms with E-state index in [9.17, 15) is 14.4 Å². The van der Waals surface area contributed by atoms with Gasteiger partial charge in [-0.2, -0.15) is 0 Å². The van der Waals surface area contributed by atoms with Gasteiger partial charge in [-0.25, -0.2) is 4.79 Å². The fourth-order valence-electron chi connectivity index (χ4n) is 5.18. The molecule has 1 aliphatic heterocycles. The van der Waals surface area contributed by atoms with Gasteiger partial charge in [-0.05, 0) is 42.0 Å². The largest absolute Gasteiger partial charge is 0.457 e.